The molecular weight excluding hydrogens is 296 g/mol. The predicted octanol–water partition coefficient (Wildman–Crippen LogP) is 6.09. The van der Waals surface area contributed by atoms with Crippen LogP contribution in [0, 0.1) is 6.92 Å². The van der Waals surface area contributed by atoms with Crippen molar-refractivity contribution in [3.8, 4) is 11.1 Å². The van der Waals surface area contributed by atoms with E-state index in [0.717, 1.165) is 0 Å². The molecule has 0 saturated carbocycles. The van der Waals surface area contributed by atoms with Crippen LogP contribution >= 0.6 is 15.9 Å². The van der Waals surface area contributed by atoms with Crippen LogP contribution in [0.25, 0.3) is 11.1 Å². The monoisotopic (exact) mass is 316 g/mol. The molecule has 0 bridgehead atoms. The van der Waals surface area contributed by atoms with Gasteiger partial charge in [0.15, 0.2) is 0 Å². The summed E-state index contributed by atoms with van der Waals surface area (Å²) in [7, 11) is 0. The van der Waals surface area contributed by atoms with Crippen molar-refractivity contribution >= 4 is 15.9 Å². The van der Waals surface area contributed by atoms with Gasteiger partial charge >= 0.3 is 0 Å². The average Bonchev–Trinajstić information content (AvgIpc) is 2.63. The third kappa shape index (κ3) is 2.14. The minimum atomic E-state index is 0.122. The van der Waals surface area contributed by atoms with Crippen molar-refractivity contribution < 1.29 is 0 Å². The summed E-state index contributed by atoms with van der Waals surface area (Å²) in [6, 6.07) is 13.3. The lowest BCUT2D eigenvalue weighted by molar-refractivity contribution is 0.659. The summed E-state index contributed by atoms with van der Waals surface area (Å²) in [4.78, 5) is 0. The zero-order chi connectivity index (χ0) is 14.2. The Balaban J connectivity index is 0.000000637. The molecule has 0 spiro atoms. The Kier molecular flexibility index (Phi) is 3.87. The van der Waals surface area contributed by atoms with Crippen LogP contribution in [-0.2, 0) is 5.41 Å². The molecule has 0 aromatic heterocycles. The van der Waals surface area contributed by atoms with E-state index in [1.165, 1.54) is 32.3 Å². The van der Waals surface area contributed by atoms with Crippen LogP contribution in [-0.4, -0.2) is 0 Å². The largest absolute Gasteiger partial charge is 0.0683 e. The Hall–Kier alpha value is -1.08. The molecule has 0 saturated heterocycles. The van der Waals surface area contributed by atoms with Crippen LogP contribution in [0.2, 0.25) is 0 Å². The van der Waals surface area contributed by atoms with Crippen molar-refractivity contribution in [2.75, 3.05) is 0 Å². The molecule has 1 heteroatoms. The highest BCUT2D eigenvalue weighted by molar-refractivity contribution is 9.10. The van der Waals surface area contributed by atoms with E-state index in [1.54, 1.807) is 0 Å². The lowest BCUT2D eigenvalue weighted by atomic mass is 9.82. The second kappa shape index (κ2) is 5.13. The maximum absolute atomic E-state index is 3.64. The first-order valence-electron chi connectivity index (χ1n) is 6.92. The van der Waals surface area contributed by atoms with Gasteiger partial charge in [0.25, 0.3) is 0 Å². The van der Waals surface area contributed by atoms with E-state index in [2.05, 4.69) is 73.1 Å². The summed E-state index contributed by atoms with van der Waals surface area (Å²) < 4.78 is 1.20. The Morgan fingerprint density at radius 2 is 1.53 bits per heavy atom. The Bertz CT molecular complexity index is 609. The fraction of sp³-hybridized carbons (Fsp3) is 0.333. The van der Waals surface area contributed by atoms with Crippen LogP contribution in [0.15, 0.2) is 40.9 Å². The molecule has 0 radical (unpaired) electrons. The van der Waals surface area contributed by atoms with Crippen LogP contribution in [0.5, 0.6) is 0 Å². The summed E-state index contributed by atoms with van der Waals surface area (Å²) >= 11 is 3.64. The smallest absolute Gasteiger partial charge is 0.0210 e. The van der Waals surface area contributed by atoms with Crippen LogP contribution in [0.3, 0.4) is 0 Å². The fourth-order valence-corrected chi connectivity index (χ4v) is 3.17. The normalized spacial score (nSPS) is 14.2. The van der Waals surface area contributed by atoms with Crippen molar-refractivity contribution in [2.24, 2.45) is 0 Å². The molecule has 2 aromatic carbocycles. The molecule has 2 aromatic rings. The minimum absolute atomic E-state index is 0.122. The molecule has 0 atom stereocenters. The first kappa shape index (κ1) is 14.3. The minimum Gasteiger partial charge on any atom is -0.0683 e. The molecule has 0 unspecified atom stereocenters. The van der Waals surface area contributed by atoms with Gasteiger partial charge in [0.05, 0.1) is 0 Å². The third-order valence-corrected chi connectivity index (χ3v) is 4.72. The van der Waals surface area contributed by atoms with Gasteiger partial charge in [-0.3, -0.25) is 0 Å². The standard InChI is InChI=1S/C16H15Br.C2H6/c1-10-8-14-12(9-15(10)17)11-6-4-5-7-13(11)16(14,2)3;1-2/h4-9H,1-3H3;1-2H3. The highest BCUT2D eigenvalue weighted by Gasteiger charge is 2.35. The molecule has 0 heterocycles. The van der Waals surface area contributed by atoms with Gasteiger partial charge in [-0.05, 0) is 40.8 Å². The molecule has 0 aliphatic heterocycles. The lowest BCUT2D eigenvalue weighted by Gasteiger charge is -2.21. The predicted molar refractivity (Wildman–Crippen MR) is 87.8 cm³/mol. The van der Waals surface area contributed by atoms with Gasteiger partial charge in [-0.15, -0.1) is 0 Å². The quantitative estimate of drug-likeness (QED) is 0.551. The number of hydrogen-bond acceptors (Lipinski definition) is 0. The van der Waals surface area contributed by atoms with Gasteiger partial charge < -0.3 is 0 Å². The molecule has 1 aliphatic rings. The molecule has 1 aliphatic carbocycles. The van der Waals surface area contributed by atoms with E-state index in [9.17, 15) is 0 Å². The van der Waals surface area contributed by atoms with Crippen molar-refractivity contribution in [1.29, 1.82) is 0 Å². The summed E-state index contributed by atoms with van der Waals surface area (Å²) in [6.07, 6.45) is 0. The summed E-state index contributed by atoms with van der Waals surface area (Å²) in [5.74, 6) is 0. The zero-order valence-electron chi connectivity index (χ0n) is 12.3. The van der Waals surface area contributed by atoms with Gasteiger partial charge in [-0.1, -0.05) is 74.0 Å². The average molecular weight is 317 g/mol. The Morgan fingerprint density at radius 1 is 0.895 bits per heavy atom. The van der Waals surface area contributed by atoms with Gasteiger partial charge in [0.2, 0.25) is 0 Å². The van der Waals surface area contributed by atoms with E-state index < -0.39 is 0 Å². The third-order valence-electron chi connectivity index (χ3n) is 3.86. The van der Waals surface area contributed by atoms with Gasteiger partial charge in [0.1, 0.15) is 0 Å². The highest BCUT2D eigenvalue weighted by Crippen LogP contribution is 2.49. The first-order chi connectivity index (χ1) is 9.01. The molecule has 19 heavy (non-hydrogen) atoms. The Labute approximate surface area is 125 Å². The van der Waals surface area contributed by atoms with E-state index in [-0.39, 0.29) is 5.41 Å². The Morgan fingerprint density at radius 3 is 2.21 bits per heavy atom. The fourth-order valence-electron chi connectivity index (χ4n) is 2.83. The van der Waals surface area contributed by atoms with Gasteiger partial charge in [0, 0.05) is 9.89 Å². The van der Waals surface area contributed by atoms with E-state index >= 15 is 0 Å². The van der Waals surface area contributed by atoms with E-state index in [4.69, 9.17) is 0 Å². The number of halogens is 1. The summed E-state index contributed by atoms with van der Waals surface area (Å²) in [6.45, 7) is 10.8. The van der Waals surface area contributed by atoms with Crippen LogP contribution < -0.4 is 0 Å². The van der Waals surface area contributed by atoms with Gasteiger partial charge in [-0.2, -0.15) is 0 Å². The molecule has 3 rings (SSSR count). The van der Waals surface area contributed by atoms with Crippen LogP contribution in [0.1, 0.15) is 44.4 Å². The zero-order valence-corrected chi connectivity index (χ0v) is 13.9. The number of aryl methyl sites for hydroxylation is 1. The highest BCUT2D eigenvalue weighted by atomic mass is 79.9. The topological polar surface area (TPSA) is 0 Å². The second-order valence-corrected chi connectivity index (χ2v) is 6.17. The first-order valence-corrected chi connectivity index (χ1v) is 7.71. The van der Waals surface area contributed by atoms with Gasteiger partial charge in [-0.25, -0.2) is 0 Å². The summed E-state index contributed by atoms with van der Waals surface area (Å²) in [5, 5.41) is 0. The number of fused-ring (bicyclic) bond motifs is 3. The maximum atomic E-state index is 3.64. The van der Waals surface area contributed by atoms with E-state index in [1.807, 2.05) is 13.8 Å². The maximum Gasteiger partial charge on any atom is 0.0210 e. The van der Waals surface area contributed by atoms with Crippen molar-refractivity contribution in [3.05, 3.63) is 57.6 Å². The second-order valence-electron chi connectivity index (χ2n) is 5.32. The number of rotatable bonds is 0. The lowest BCUT2D eigenvalue weighted by Crippen LogP contribution is -2.15. The van der Waals surface area contributed by atoms with Crippen LogP contribution in [0.4, 0.5) is 0 Å². The molecule has 0 amide bonds. The van der Waals surface area contributed by atoms with Crippen molar-refractivity contribution in [3.63, 3.8) is 0 Å². The molecule has 0 fully saturated rings. The molecule has 0 nitrogen and oxygen atoms in total. The molecule has 100 valence electrons. The SMILES string of the molecule is CC.Cc1cc2c(cc1Br)-c1ccccc1C2(C)C. The van der Waals surface area contributed by atoms with Crippen molar-refractivity contribution in [2.45, 2.75) is 40.0 Å². The van der Waals surface area contributed by atoms with E-state index in [0.29, 0.717) is 0 Å². The summed E-state index contributed by atoms with van der Waals surface area (Å²) in [5.41, 5.74) is 7.07. The molecule has 0 N–H and O–H groups in total. The molecular formula is C18H21Br. The van der Waals surface area contributed by atoms with Crippen molar-refractivity contribution in [1.82, 2.24) is 0 Å². The number of hydrogen-bond donors (Lipinski definition) is 0. The number of benzene rings is 2.